The molecule has 0 aromatic carbocycles. The molecule has 0 radical (unpaired) electrons. The van der Waals surface area contributed by atoms with Crippen molar-refractivity contribution in [1.29, 1.82) is 0 Å². The number of ether oxygens (including phenoxy) is 1. The lowest BCUT2D eigenvalue weighted by Gasteiger charge is -2.21. The minimum Gasteiger partial charge on any atom is -0.367 e. The van der Waals surface area contributed by atoms with Gasteiger partial charge < -0.3 is 10.1 Å². The van der Waals surface area contributed by atoms with Crippen LogP contribution in [0.1, 0.15) is 19.3 Å². The average Bonchev–Trinajstić information content (AvgIpc) is 2.81. The summed E-state index contributed by atoms with van der Waals surface area (Å²) < 4.78 is 3.49. The summed E-state index contributed by atoms with van der Waals surface area (Å²) in [5.74, 6) is -0.566. The van der Waals surface area contributed by atoms with E-state index in [1.54, 1.807) is 0 Å². The van der Waals surface area contributed by atoms with Crippen molar-refractivity contribution < 1.29 is 9.53 Å². The van der Waals surface area contributed by atoms with Crippen LogP contribution in [0.2, 0.25) is 0 Å². The van der Waals surface area contributed by atoms with E-state index in [0.717, 1.165) is 19.3 Å². The van der Waals surface area contributed by atoms with Crippen LogP contribution in [0.25, 0.3) is 0 Å². The molecule has 3 nitrogen and oxygen atoms in total. The van der Waals surface area contributed by atoms with Gasteiger partial charge in [-0.1, -0.05) is 34.8 Å². The molecule has 3 atom stereocenters. The van der Waals surface area contributed by atoms with Gasteiger partial charge in [0.05, 0.1) is 12.1 Å². The molecule has 0 unspecified atom stereocenters. The second-order valence-electron chi connectivity index (χ2n) is 3.65. The van der Waals surface area contributed by atoms with Gasteiger partial charge in [-0.25, -0.2) is 0 Å². The zero-order valence-corrected chi connectivity index (χ0v) is 9.57. The number of hydrogen-bond donors (Lipinski definition) is 1. The number of fused-ring (bicyclic) bond motifs is 1. The molecule has 2 fully saturated rings. The lowest BCUT2D eigenvalue weighted by molar-refractivity contribution is -0.121. The van der Waals surface area contributed by atoms with Crippen molar-refractivity contribution in [2.75, 3.05) is 0 Å². The Balaban J connectivity index is 1.88. The second-order valence-corrected chi connectivity index (χ2v) is 5.93. The van der Waals surface area contributed by atoms with Crippen molar-refractivity contribution in [2.45, 2.75) is 41.3 Å². The largest absolute Gasteiger partial charge is 0.367 e. The summed E-state index contributed by atoms with van der Waals surface area (Å²) in [6, 6.07) is 0.0110. The molecule has 0 aromatic rings. The summed E-state index contributed by atoms with van der Waals surface area (Å²) >= 11 is 16.3. The van der Waals surface area contributed by atoms with Gasteiger partial charge >= 0.3 is 0 Å². The number of carbonyl (C=O) groups is 1. The van der Waals surface area contributed by atoms with Gasteiger partial charge in [0, 0.05) is 0 Å². The van der Waals surface area contributed by atoms with Gasteiger partial charge in [-0.15, -0.1) is 0 Å². The predicted octanol–water partition coefficient (Wildman–Crippen LogP) is 1.79. The average molecular weight is 259 g/mol. The molecule has 1 heterocycles. The molecule has 1 aliphatic heterocycles. The highest BCUT2D eigenvalue weighted by atomic mass is 35.6. The van der Waals surface area contributed by atoms with Crippen LogP contribution in [-0.4, -0.2) is 27.9 Å². The van der Waals surface area contributed by atoms with Crippen molar-refractivity contribution in [3.05, 3.63) is 0 Å². The molecule has 14 heavy (non-hydrogen) atoms. The van der Waals surface area contributed by atoms with E-state index in [0.29, 0.717) is 6.10 Å². The molecular formula is C8H10Cl3NO2. The fourth-order valence-electron chi connectivity index (χ4n) is 1.85. The lowest BCUT2D eigenvalue weighted by atomic mass is 9.95. The van der Waals surface area contributed by atoms with Crippen LogP contribution >= 0.6 is 34.8 Å². The van der Waals surface area contributed by atoms with Crippen molar-refractivity contribution in [2.24, 2.45) is 0 Å². The number of rotatable bonds is 1. The zero-order valence-electron chi connectivity index (χ0n) is 7.30. The first-order valence-corrected chi connectivity index (χ1v) is 5.65. The molecule has 1 N–H and O–H groups in total. The SMILES string of the molecule is O=C(N[C@H]1CCC[C@H]2O[C@@H]12)C(Cl)(Cl)Cl. The number of carbonyl (C=O) groups excluding carboxylic acids is 1. The molecule has 0 bridgehead atoms. The van der Waals surface area contributed by atoms with Crippen LogP contribution in [0, 0.1) is 0 Å². The Hall–Kier alpha value is 0.300. The number of hydrogen-bond acceptors (Lipinski definition) is 2. The molecule has 80 valence electrons. The fraction of sp³-hybridized carbons (Fsp3) is 0.875. The third-order valence-corrected chi connectivity index (χ3v) is 3.11. The van der Waals surface area contributed by atoms with Crippen LogP contribution in [0.4, 0.5) is 0 Å². The Morgan fingerprint density at radius 3 is 2.71 bits per heavy atom. The third kappa shape index (κ3) is 2.27. The topological polar surface area (TPSA) is 41.6 Å². The Morgan fingerprint density at radius 1 is 1.36 bits per heavy atom. The molecule has 1 saturated carbocycles. The molecule has 6 heteroatoms. The monoisotopic (exact) mass is 257 g/mol. The van der Waals surface area contributed by atoms with E-state index in [9.17, 15) is 4.79 Å². The minimum absolute atomic E-state index is 0.0110. The van der Waals surface area contributed by atoms with E-state index in [4.69, 9.17) is 39.5 Å². The number of halogens is 3. The minimum atomic E-state index is -1.87. The number of nitrogens with one attached hydrogen (secondary N) is 1. The highest BCUT2D eigenvalue weighted by Gasteiger charge is 2.48. The van der Waals surface area contributed by atoms with E-state index in [1.807, 2.05) is 0 Å². The number of amides is 1. The van der Waals surface area contributed by atoms with Gasteiger partial charge in [-0.2, -0.15) is 0 Å². The van der Waals surface area contributed by atoms with E-state index in [2.05, 4.69) is 5.32 Å². The smallest absolute Gasteiger partial charge is 0.272 e. The van der Waals surface area contributed by atoms with Crippen LogP contribution in [-0.2, 0) is 9.53 Å². The van der Waals surface area contributed by atoms with Gasteiger partial charge in [0.15, 0.2) is 0 Å². The van der Waals surface area contributed by atoms with E-state index in [1.165, 1.54) is 0 Å². The quantitative estimate of drug-likeness (QED) is 0.575. The maximum Gasteiger partial charge on any atom is 0.272 e. The Labute approximate surface area is 97.0 Å². The molecule has 0 aromatic heterocycles. The first-order chi connectivity index (χ1) is 6.48. The van der Waals surface area contributed by atoms with Gasteiger partial charge in [0.2, 0.25) is 0 Å². The van der Waals surface area contributed by atoms with Crippen molar-refractivity contribution in [3.63, 3.8) is 0 Å². The maximum absolute atomic E-state index is 11.3. The Kier molecular flexibility index (Phi) is 2.86. The molecule has 2 aliphatic rings. The summed E-state index contributed by atoms with van der Waals surface area (Å²) in [5, 5.41) is 2.69. The van der Waals surface area contributed by atoms with Crippen molar-refractivity contribution >= 4 is 40.7 Å². The van der Waals surface area contributed by atoms with Gasteiger partial charge in [0.25, 0.3) is 9.70 Å². The van der Waals surface area contributed by atoms with Gasteiger partial charge in [-0.05, 0) is 19.3 Å². The highest BCUT2D eigenvalue weighted by molar-refractivity contribution is 6.76. The molecular weight excluding hydrogens is 248 g/mol. The first-order valence-electron chi connectivity index (χ1n) is 4.51. The van der Waals surface area contributed by atoms with Crippen molar-refractivity contribution in [1.82, 2.24) is 5.32 Å². The Morgan fingerprint density at radius 2 is 2.07 bits per heavy atom. The second kappa shape index (κ2) is 3.71. The maximum atomic E-state index is 11.3. The zero-order chi connectivity index (χ0) is 10.3. The van der Waals surface area contributed by atoms with E-state index in [-0.39, 0.29) is 12.1 Å². The van der Waals surface area contributed by atoms with Crippen LogP contribution in [0.15, 0.2) is 0 Å². The van der Waals surface area contributed by atoms with Gasteiger partial charge in [0.1, 0.15) is 6.10 Å². The number of epoxide rings is 1. The summed E-state index contributed by atoms with van der Waals surface area (Å²) in [6.07, 6.45) is 3.47. The van der Waals surface area contributed by atoms with Crippen LogP contribution in [0.5, 0.6) is 0 Å². The first kappa shape index (κ1) is 10.8. The Bertz CT molecular complexity index is 253. The summed E-state index contributed by atoms with van der Waals surface area (Å²) in [7, 11) is 0. The summed E-state index contributed by atoms with van der Waals surface area (Å²) in [6.45, 7) is 0. The molecule has 2 rings (SSSR count). The molecule has 1 aliphatic carbocycles. The standard InChI is InChI=1S/C8H10Cl3NO2/c9-8(10,11)7(13)12-4-2-1-3-5-6(4)14-5/h4-6H,1-3H2,(H,12,13)/t4-,5+,6-/m0/s1. The third-order valence-electron chi connectivity index (χ3n) is 2.60. The number of alkyl halides is 3. The summed E-state index contributed by atoms with van der Waals surface area (Å²) in [4.78, 5) is 11.3. The highest BCUT2D eigenvalue weighted by Crippen LogP contribution is 2.37. The summed E-state index contributed by atoms with van der Waals surface area (Å²) in [5.41, 5.74) is 0. The van der Waals surface area contributed by atoms with Crippen LogP contribution in [0.3, 0.4) is 0 Å². The van der Waals surface area contributed by atoms with E-state index >= 15 is 0 Å². The van der Waals surface area contributed by atoms with E-state index < -0.39 is 9.70 Å². The molecule has 0 spiro atoms. The van der Waals surface area contributed by atoms with Gasteiger partial charge in [-0.3, -0.25) is 4.79 Å². The molecule has 1 saturated heterocycles. The normalized spacial score (nSPS) is 36.1. The predicted molar refractivity (Wildman–Crippen MR) is 54.7 cm³/mol. The van der Waals surface area contributed by atoms with Crippen LogP contribution < -0.4 is 5.32 Å². The lowest BCUT2D eigenvalue weighted by Crippen LogP contribution is -2.45. The fourth-order valence-corrected chi connectivity index (χ4v) is 2.01. The van der Waals surface area contributed by atoms with Crippen molar-refractivity contribution in [3.8, 4) is 0 Å². The molecule has 1 amide bonds.